The lowest BCUT2D eigenvalue weighted by molar-refractivity contribution is -0.132. The molecular formula is C17H23NO5S. The van der Waals surface area contributed by atoms with Gasteiger partial charge >= 0.3 is 0 Å². The topological polar surface area (TPSA) is 72.9 Å². The first-order valence-electron chi connectivity index (χ1n) is 8.06. The van der Waals surface area contributed by atoms with Crippen molar-refractivity contribution in [2.45, 2.75) is 37.5 Å². The molecule has 0 N–H and O–H groups in total. The maximum absolute atomic E-state index is 12.3. The van der Waals surface area contributed by atoms with Crippen molar-refractivity contribution in [2.24, 2.45) is 0 Å². The van der Waals surface area contributed by atoms with Gasteiger partial charge in [-0.1, -0.05) is 12.1 Å². The van der Waals surface area contributed by atoms with Crippen LogP contribution < -0.4 is 9.47 Å². The molecule has 6 nitrogen and oxygen atoms in total. The van der Waals surface area contributed by atoms with E-state index in [-0.39, 0.29) is 24.7 Å². The van der Waals surface area contributed by atoms with Crippen LogP contribution in [0.5, 0.6) is 11.5 Å². The zero-order valence-corrected chi connectivity index (χ0v) is 15.1. The van der Waals surface area contributed by atoms with E-state index in [2.05, 4.69) is 0 Å². The zero-order chi connectivity index (χ0) is 17.5. The van der Waals surface area contributed by atoms with Gasteiger partial charge in [-0.3, -0.25) is 4.79 Å². The Bertz CT molecular complexity index is 756. The summed E-state index contributed by atoms with van der Waals surface area (Å²) in [5.41, 5.74) is 0.798. The molecule has 0 bridgehead atoms. The Balaban J connectivity index is 1.62. The molecule has 7 heteroatoms. The molecule has 2 aliphatic rings. The largest absolute Gasteiger partial charge is 0.483 e. The van der Waals surface area contributed by atoms with Crippen LogP contribution in [0.25, 0.3) is 0 Å². The molecule has 1 aromatic rings. The third kappa shape index (κ3) is 3.50. The summed E-state index contributed by atoms with van der Waals surface area (Å²) in [5.74, 6) is 1.06. The first-order chi connectivity index (χ1) is 11.2. The Morgan fingerprint density at radius 2 is 2.17 bits per heavy atom. The van der Waals surface area contributed by atoms with Gasteiger partial charge in [-0.25, -0.2) is 8.42 Å². The molecular weight excluding hydrogens is 330 g/mol. The number of nitrogens with zero attached hydrogens (tertiary/aromatic N) is 1. The van der Waals surface area contributed by atoms with E-state index in [1.54, 1.807) is 11.0 Å². The standard InChI is InChI=1S/C17H23NO5S/c1-17(2)9-12-5-4-6-14(16(12)23-17)22-11-15(19)18-8-7-13(10-18)24(3,20)21/h4-6,13H,7-11H2,1-3H3. The average molecular weight is 353 g/mol. The molecule has 0 radical (unpaired) electrons. The number of ether oxygens (including phenoxy) is 2. The molecule has 1 atom stereocenters. The lowest BCUT2D eigenvalue weighted by Gasteiger charge is -2.19. The van der Waals surface area contributed by atoms with Crippen molar-refractivity contribution < 1.29 is 22.7 Å². The molecule has 1 amide bonds. The summed E-state index contributed by atoms with van der Waals surface area (Å²) in [7, 11) is -3.11. The zero-order valence-electron chi connectivity index (χ0n) is 14.2. The first kappa shape index (κ1) is 17.1. The van der Waals surface area contributed by atoms with Crippen LogP contribution in [0.3, 0.4) is 0 Å². The maximum atomic E-state index is 12.3. The predicted molar refractivity (Wildman–Crippen MR) is 90.2 cm³/mol. The molecule has 1 unspecified atom stereocenters. The van der Waals surface area contributed by atoms with Gasteiger partial charge in [-0.2, -0.15) is 0 Å². The van der Waals surface area contributed by atoms with E-state index in [0.717, 1.165) is 12.0 Å². The number of para-hydroxylation sites is 1. The molecule has 1 fully saturated rings. The Morgan fingerprint density at radius 3 is 2.83 bits per heavy atom. The SMILES string of the molecule is CC1(C)Cc2cccc(OCC(=O)N3CCC(S(C)(=O)=O)C3)c2O1. The molecule has 132 valence electrons. The van der Waals surface area contributed by atoms with Crippen LogP contribution in [0.1, 0.15) is 25.8 Å². The van der Waals surface area contributed by atoms with Crippen molar-refractivity contribution in [1.82, 2.24) is 4.90 Å². The van der Waals surface area contributed by atoms with Gasteiger partial charge < -0.3 is 14.4 Å². The number of sulfone groups is 1. The highest BCUT2D eigenvalue weighted by Gasteiger charge is 2.34. The molecule has 3 rings (SSSR count). The minimum Gasteiger partial charge on any atom is -0.483 e. The quantitative estimate of drug-likeness (QED) is 0.819. The third-order valence-electron chi connectivity index (χ3n) is 4.51. The summed E-state index contributed by atoms with van der Waals surface area (Å²) in [6.45, 7) is 4.61. The lowest BCUT2D eigenvalue weighted by Crippen LogP contribution is -2.35. The van der Waals surface area contributed by atoms with E-state index in [9.17, 15) is 13.2 Å². The normalized spacial score (nSPS) is 22.1. The van der Waals surface area contributed by atoms with E-state index < -0.39 is 15.1 Å². The van der Waals surface area contributed by atoms with Crippen molar-refractivity contribution in [3.05, 3.63) is 23.8 Å². The molecule has 1 aromatic carbocycles. The van der Waals surface area contributed by atoms with Crippen LogP contribution in [-0.2, 0) is 21.1 Å². The van der Waals surface area contributed by atoms with Crippen LogP contribution in [0.4, 0.5) is 0 Å². The van der Waals surface area contributed by atoms with Crippen LogP contribution in [0, 0.1) is 0 Å². The van der Waals surface area contributed by atoms with E-state index in [0.29, 0.717) is 24.5 Å². The molecule has 0 spiro atoms. The van der Waals surface area contributed by atoms with Crippen molar-refractivity contribution in [3.63, 3.8) is 0 Å². The number of likely N-dealkylation sites (tertiary alicyclic amines) is 1. The maximum Gasteiger partial charge on any atom is 0.260 e. The van der Waals surface area contributed by atoms with Crippen molar-refractivity contribution in [1.29, 1.82) is 0 Å². The number of hydrogen-bond acceptors (Lipinski definition) is 5. The Kier molecular flexibility index (Phi) is 4.23. The Hall–Kier alpha value is -1.76. The van der Waals surface area contributed by atoms with Gasteiger partial charge in [0.25, 0.3) is 5.91 Å². The first-order valence-corrected chi connectivity index (χ1v) is 10.0. The van der Waals surface area contributed by atoms with Crippen LogP contribution >= 0.6 is 0 Å². The number of carbonyl (C=O) groups is 1. The van der Waals surface area contributed by atoms with Gasteiger partial charge in [0.15, 0.2) is 27.9 Å². The van der Waals surface area contributed by atoms with E-state index in [1.807, 2.05) is 26.0 Å². The molecule has 2 aliphatic heterocycles. The second-order valence-corrected chi connectivity index (χ2v) is 9.48. The predicted octanol–water partition coefficient (Wildman–Crippen LogP) is 1.42. The summed E-state index contributed by atoms with van der Waals surface area (Å²) >= 11 is 0. The third-order valence-corrected chi connectivity index (χ3v) is 6.11. The Labute approximate surface area is 142 Å². The highest BCUT2D eigenvalue weighted by atomic mass is 32.2. The number of rotatable bonds is 4. The smallest absolute Gasteiger partial charge is 0.260 e. The van der Waals surface area contributed by atoms with E-state index in [1.165, 1.54) is 6.26 Å². The van der Waals surface area contributed by atoms with Crippen molar-refractivity contribution in [3.8, 4) is 11.5 Å². The summed E-state index contributed by atoms with van der Waals surface area (Å²) in [6.07, 6.45) is 2.51. The van der Waals surface area contributed by atoms with Crippen molar-refractivity contribution in [2.75, 3.05) is 26.0 Å². The summed E-state index contributed by atoms with van der Waals surface area (Å²) < 4.78 is 34.8. The number of benzene rings is 1. The number of carbonyl (C=O) groups excluding carboxylic acids is 1. The molecule has 2 heterocycles. The van der Waals surface area contributed by atoms with Gasteiger partial charge in [0.2, 0.25) is 0 Å². The van der Waals surface area contributed by atoms with Gasteiger partial charge in [-0.05, 0) is 26.3 Å². The van der Waals surface area contributed by atoms with Gasteiger partial charge in [-0.15, -0.1) is 0 Å². The minimum atomic E-state index is -3.11. The highest BCUT2D eigenvalue weighted by molar-refractivity contribution is 7.91. The van der Waals surface area contributed by atoms with Gasteiger partial charge in [0, 0.05) is 31.3 Å². The fourth-order valence-electron chi connectivity index (χ4n) is 3.24. The number of amides is 1. The fourth-order valence-corrected chi connectivity index (χ4v) is 4.22. The summed E-state index contributed by atoms with van der Waals surface area (Å²) in [5, 5.41) is -0.466. The molecule has 0 aromatic heterocycles. The lowest BCUT2D eigenvalue weighted by atomic mass is 10.0. The molecule has 0 saturated carbocycles. The van der Waals surface area contributed by atoms with Crippen LogP contribution in [0.2, 0.25) is 0 Å². The minimum absolute atomic E-state index is 0.114. The highest BCUT2D eigenvalue weighted by Crippen LogP contribution is 2.41. The van der Waals surface area contributed by atoms with Crippen LogP contribution in [-0.4, -0.2) is 56.0 Å². The summed E-state index contributed by atoms with van der Waals surface area (Å²) in [6, 6.07) is 5.67. The van der Waals surface area contributed by atoms with Crippen molar-refractivity contribution >= 4 is 15.7 Å². The second kappa shape index (κ2) is 5.95. The van der Waals surface area contributed by atoms with E-state index >= 15 is 0 Å². The molecule has 0 aliphatic carbocycles. The average Bonchev–Trinajstić information content (AvgIpc) is 3.07. The van der Waals surface area contributed by atoms with Gasteiger partial charge in [0.1, 0.15) is 5.60 Å². The monoisotopic (exact) mass is 353 g/mol. The fraction of sp³-hybridized carbons (Fsp3) is 0.588. The Morgan fingerprint density at radius 1 is 1.42 bits per heavy atom. The van der Waals surface area contributed by atoms with Gasteiger partial charge in [0.05, 0.1) is 5.25 Å². The number of fused-ring (bicyclic) bond motifs is 1. The van der Waals surface area contributed by atoms with E-state index in [4.69, 9.17) is 9.47 Å². The molecule has 24 heavy (non-hydrogen) atoms. The number of hydrogen-bond donors (Lipinski definition) is 0. The second-order valence-electron chi connectivity index (χ2n) is 7.15. The molecule has 1 saturated heterocycles. The van der Waals surface area contributed by atoms with Crippen LogP contribution in [0.15, 0.2) is 18.2 Å². The summed E-state index contributed by atoms with van der Waals surface area (Å²) in [4.78, 5) is 13.8.